The second-order valence-electron chi connectivity index (χ2n) is 33.5. The Morgan fingerprint density at radius 1 is 0.392 bits per heavy atom. The average Bonchev–Trinajstić information content (AvgIpc) is 1.49. The first-order valence-corrected chi connectivity index (χ1v) is 43.4. The van der Waals surface area contributed by atoms with E-state index in [1.165, 1.54) is 17.0 Å². The molecule has 0 aliphatic carbocycles. The van der Waals surface area contributed by atoms with Gasteiger partial charge in [-0.3, -0.25) is 57.5 Å². The molecular weight excluding hydrogens is 1540 g/mol. The van der Waals surface area contributed by atoms with Crippen molar-refractivity contribution in [2.75, 3.05) is 45.8 Å². The molecule has 120 heavy (non-hydrogen) atoms. The van der Waals surface area contributed by atoms with Gasteiger partial charge in [0.05, 0.1) is 6.04 Å². The number of aliphatic carboxylic acids is 1. The van der Waals surface area contributed by atoms with E-state index in [-0.39, 0.29) is 139 Å². The molecule has 35 nitrogen and oxygen atoms in total. The lowest BCUT2D eigenvalue weighted by Gasteiger charge is -2.31. The first kappa shape index (κ1) is 103. The van der Waals surface area contributed by atoms with Crippen molar-refractivity contribution in [1.82, 2.24) is 68.4 Å². The zero-order chi connectivity index (χ0) is 89.0. The third-order valence-corrected chi connectivity index (χ3v) is 21.1. The largest absolute Gasteiger partial charge is 0.508 e. The molecule has 674 valence electrons. The maximum Gasteiger partial charge on any atom is 0.326 e. The number of nitrogens with one attached hydrogen (secondary N) is 12. The van der Waals surface area contributed by atoms with E-state index in [4.69, 9.17) is 40.1 Å². The number of para-hydroxylation sites is 1. The number of nitrogens with two attached hydrogens (primary N) is 7. The highest BCUT2D eigenvalue weighted by atomic mass is 16.4. The molecule has 1 fully saturated rings. The number of aromatic nitrogens is 1. The molecule has 0 saturated carbocycles. The fourth-order valence-corrected chi connectivity index (χ4v) is 14.5. The topological polar surface area (TPSA) is 596 Å². The molecule has 0 spiro atoms. The Bertz CT molecular complexity index is 3690. The van der Waals surface area contributed by atoms with Gasteiger partial charge in [-0.05, 0) is 240 Å². The molecule has 13 atom stereocenters. The third-order valence-electron chi connectivity index (χ3n) is 21.1. The smallest absolute Gasteiger partial charge is 0.326 e. The van der Waals surface area contributed by atoms with Crippen LogP contribution in [0.15, 0.2) is 54.7 Å². The van der Waals surface area contributed by atoms with Crippen LogP contribution in [0.2, 0.25) is 0 Å². The third kappa shape index (κ3) is 36.9. The van der Waals surface area contributed by atoms with Crippen LogP contribution in [-0.2, 0) is 75.2 Å². The first-order chi connectivity index (χ1) is 57.2. The van der Waals surface area contributed by atoms with E-state index in [9.17, 15) is 67.7 Å². The molecule has 0 radical (unpaired) electrons. The van der Waals surface area contributed by atoms with Gasteiger partial charge in [0, 0.05) is 36.5 Å². The standard InChI is InChI=1S/C85H144N20O15/c1-51(2)44-66(78(112)95-61(27-12-18-38-87)74(108)94-62(28-13-19-39-88)75(109)100-68(46-53(5)6)81(115)103-67(45-52(3)4)79(113)98-65(85(119)120)31-16-22-42-91)102-80(114)69(47-54(7)8)101-76(110)64(30-15-21-41-90)97-83(117)72-32-23-43-105(72)84(118)71(48-55-33-35-57(106)36-34-55)104-77(111)63(29-14-20-40-89)96-82(116)70(99-73(107)59(92)25-11-17-37-86)49-56-50-93-60-26-10-9-24-58(56)60/h9-10,24,26,33-36,50-54,59,61-72,93,106H,11-23,25,27-32,37-49,86-92H2,1-8H3,(H,94,108)(H,95,112)(H,96,116)(H,97,117)(H,98,113)(H,99,107)(H,100,109)(H,101,110)(H,102,114)(H,103,115)(H,104,111)(H,119,120)/t59-,61-,62-,63-,64-,65-,66-,67-,68-,69-,70-,71-,72-/m0/s1. The molecule has 2 heterocycles. The molecule has 3 aromatic rings. The zero-order valence-corrected chi connectivity index (χ0v) is 72.0. The van der Waals surface area contributed by atoms with Crippen LogP contribution in [0.5, 0.6) is 5.75 Å². The van der Waals surface area contributed by atoms with Crippen LogP contribution in [0.3, 0.4) is 0 Å². The summed E-state index contributed by atoms with van der Waals surface area (Å²) >= 11 is 0. The van der Waals surface area contributed by atoms with E-state index in [2.05, 4.69) is 63.5 Å². The van der Waals surface area contributed by atoms with E-state index >= 15 is 4.79 Å². The van der Waals surface area contributed by atoms with Crippen molar-refractivity contribution < 1.29 is 72.5 Å². The van der Waals surface area contributed by atoms with Gasteiger partial charge < -0.3 is 119 Å². The molecule has 4 rings (SSSR count). The van der Waals surface area contributed by atoms with E-state index in [0.717, 1.165) is 10.9 Å². The van der Waals surface area contributed by atoms with Crippen molar-refractivity contribution >= 4 is 87.8 Å². The van der Waals surface area contributed by atoms with Crippen LogP contribution in [-0.4, -0.2) is 221 Å². The van der Waals surface area contributed by atoms with Crippen LogP contribution in [0.25, 0.3) is 10.9 Å². The summed E-state index contributed by atoms with van der Waals surface area (Å²) in [6.07, 6.45) is 8.44. The lowest BCUT2D eigenvalue weighted by atomic mass is 9.98. The summed E-state index contributed by atoms with van der Waals surface area (Å²) in [5.74, 6) is -10.7. The molecule has 1 aromatic heterocycles. The van der Waals surface area contributed by atoms with Crippen LogP contribution in [0.4, 0.5) is 0 Å². The molecule has 1 saturated heterocycles. The minimum absolute atomic E-state index is 0.00540. The Balaban J connectivity index is 1.62. The summed E-state index contributed by atoms with van der Waals surface area (Å²) < 4.78 is 0. The van der Waals surface area contributed by atoms with Gasteiger partial charge in [0.25, 0.3) is 0 Å². The van der Waals surface area contributed by atoms with Crippen LogP contribution < -0.4 is 98.6 Å². The molecule has 1 aliphatic rings. The second kappa shape index (κ2) is 55.5. The SMILES string of the molecule is CC(C)C[C@H](NC(=O)[C@H](CC(C)C)NC(=O)[C@H](CCCCN)NC(=O)[C@H](CCCCN)NC(=O)[C@H](CC(C)C)NC(=O)[C@H](CC(C)C)NC(=O)[C@H](CCCCN)NC(=O)[C@@H]1CCCN1C(=O)[C@H](Cc1ccc(O)cc1)NC(=O)[C@H](CCCCN)NC(=O)[C@H](Cc1c[nH]c2ccccc12)NC(=O)[C@@H](N)CCCCN)C(=O)N[C@@H](CCCCN)C(=O)O. The fraction of sp³-hybridized carbons (Fsp3) is 0.682. The number of nitrogens with zero attached hydrogens (tertiary/aromatic N) is 1. The van der Waals surface area contributed by atoms with Crippen LogP contribution >= 0.6 is 0 Å². The summed E-state index contributed by atoms with van der Waals surface area (Å²) in [6.45, 7) is 16.4. The quantitative estimate of drug-likeness (QED) is 0.0355. The summed E-state index contributed by atoms with van der Waals surface area (Å²) in [4.78, 5) is 192. The van der Waals surface area contributed by atoms with Crippen LogP contribution in [0.1, 0.15) is 221 Å². The highest BCUT2D eigenvalue weighted by Crippen LogP contribution is 2.25. The minimum Gasteiger partial charge on any atom is -0.508 e. The number of rotatable bonds is 60. The van der Waals surface area contributed by atoms with Gasteiger partial charge in [0.15, 0.2) is 0 Å². The number of H-pyrrole nitrogens is 1. The highest BCUT2D eigenvalue weighted by molar-refractivity contribution is 6.00. The molecule has 1 aliphatic heterocycles. The highest BCUT2D eigenvalue weighted by Gasteiger charge is 2.42. The van der Waals surface area contributed by atoms with E-state index in [1.54, 1.807) is 18.3 Å². The normalized spacial score (nSPS) is 15.8. The van der Waals surface area contributed by atoms with Gasteiger partial charge in [0.2, 0.25) is 70.9 Å². The number of aromatic amines is 1. The lowest BCUT2D eigenvalue weighted by Crippen LogP contribution is -2.61. The Kier molecular flexibility index (Phi) is 47.6. The Hall–Kier alpha value is -9.39. The van der Waals surface area contributed by atoms with Gasteiger partial charge >= 0.3 is 5.97 Å². The van der Waals surface area contributed by atoms with E-state index < -0.39 is 155 Å². The van der Waals surface area contributed by atoms with E-state index in [0.29, 0.717) is 114 Å². The lowest BCUT2D eigenvalue weighted by molar-refractivity contribution is -0.142. The summed E-state index contributed by atoms with van der Waals surface area (Å²) in [5.41, 5.74) is 43.4. The predicted octanol–water partition coefficient (Wildman–Crippen LogP) is 1.35. The number of phenols is 1. The van der Waals surface area contributed by atoms with Crippen molar-refractivity contribution in [3.05, 3.63) is 65.9 Å². The number of phenolic OH excluding ortho intramolecular Hbond substituents is 1. The molecule has 2 aromatic carbocycles. The number of fused-ring (bicyclic) bond motifs is 1. The van der Waals surface area contributed by atoms with Gasteiger partial charge in [-0.1, -0.05) is 92.1 Å². The van der Waals surface area contributed by atoms with Crippen molar-refractivity contribution in [3.63, 3.8) is 0 Å². The van der Waals surface area contributed by atoms with Crippen molar-refractivity contribution in [3.8, 4) is 5.75 Å². The number of carboxylic acids is 1. The number of likely N-dealkylation sites (tertiary alicyclic amines) is 1. The number of amides is 12. The number of hydrogen-bond donors (Lipinski definition) is 21. The molecular formula is C85H144N20O15. The number of carboxylic acid groups (broad SMARTS) is 1. The van der Waals surface area contributed by atoms with Crippen molar-refractivity contribution in [2.24, 2.45) is 63.8 Å². The maximum absolute atomic E-state index is 15.3. The molecule has 28 N–H and O–H groups in total. The molecule has 0 bridgehead atoms. The van der Waals surface area contributed by atoms with Gasteiger partial charge in [-0.25, -0.2) is 4.79 Å². The number of carbonyl (C=O) groups excluding carboxylic acids is 12. The summed E-state index contributed by atoms with van der Waals surface area (Å²) in [5, 5.41) is 51.9. The van der Waals surface area contributed by atoms with Crippen molar-refractivity contribution in [1.29, 1.82) is 0 Å². The summed E-state index contributed by atoms with van der Waals surface area (Å²) in [7, 11) is 0. The zero-order valence-electron chi connectivity index (χ0n) is 72.0. The number of aromatic hydroxyl groups is 1. The first-order valence-electron chi connectivity index (χ1n) is 43.4. The summed E-state index contributed by atoms with van der Waals surface area (Å²) in [6, 6.07) is -2.74. The maximum atomic E-state index is 15.3. The van der Waals surface area contributed by atoms with Gasteiger partial charge in [-0.15, -0.1) is 0 Å². The van der Waals surface area contributed by atoms with Gasteiger partial charge in [-0.2, -0.15) is 0 Å². The predicted molar refractivity (Wildman–Crippen MR) is 461 cm³/mol. The number of carbonyl (C=O) groups is 13. The minimum atomic E-state index is -1.38. The number of benzene rings is 2. The Labute approximate surface area is 707 Å². The molecule has 35 heteroatoms. The number of hydrogen-bond acceptors (Lipinski definition) is 21. The molecule has 0 unspecified atom stereocenters. The Morgan fingerprint density at radius 2 is 0.717 bits per heavy atom. The average molecular weight is 1690 g/mol. The van der Waals surface area contributed by atoms with Crippen molar-refractivity contribution in [2.45, 2.75) is 301 Å². The van der Waals surface area contributed by atoms with Crippen LogP contribution in [0, 0.1) is 23.7 Å². The monoisotopic (exact) mass is 1690 g/mol. The van der Waals surface area contributed by atoms with E-state index in [1.807, 2.05) is 79.7 Å². The van der Waals surface area contributed by atoms with Gasteiger partial charge in [0.1, 0.15) is 78.3 Å². The fourth-order valence-electron chi connectivity index (χ4n) is 14.5. The molecule has 12 amide bonds. The second-order valence-corrected chi connectivity index (χ2v) is 33.5. The Morgan fingerprint density at radius 3 is 1.10 bits per heavy atom. The number of unbranched alkanes of at least 4 members (excludes halogenated alkanes) is 6.